The minimum atomic E-state index is -0.539. The van der Waals surface area contributed by atoms with Gasteiger partial charge in [0.2, 0.25) is 0 Å². The third-order valence-corrected chi connectivity index (χ3v) is 5.51. The molecule has 0 aliphatic rings. The molecule has 6 nitrogen and oxygen atoms in total. The number of nitrogens with zero attached hydrogens (tertiary/aromatic N) is 1. The zero-order valence-electron chi connectivity index (χ0n) is 18.9. The summed E-state index contributed by atoms with van der Waals surface area (Å²) in [5, 5.41) is 5.19. The molecule has 0 heterocycles. The van der Waals surface area contributed by atoms with E-state index in [1.54, 1.807) is 84.9 Å². The van der Waals surface area contributed by atoms with Crippen LogP contribution in [-0.4, -0.2) is 18.1 Å². The molecular weight excluding hydrogens is 499 g/mol. The number of hydrazone groups is 1. The van der Waals surface area contributed by atoms with Crippen LogP contribution in [0.4, 0.5) is 0 Å². The van der Waals surface area contributed by atoms with Crippen LogP contribution in [-0.2, 0) is 6.61 Å². The average Bonchev–Trinajstić information content (AvgIpc) is 2.90. The highest BCUT2D eigenvalue weighted by Crippen LogP contribution is 2.21. The van der Waals surface area contributed by atoms with E-state index in [2.05, 4.69) is 10.5 Å². The Morgan fingerprint density at radius 3 is 2.11 bits per heavy atom. The van der Waals surface area contributed by atoms with Crippen molar-refractivity contribution in [1.29, 1.82) is 0 Å². The molecule has 0 saturated heterocycles. The van der Waals surface area contributed by atoms with E-state index in [0.717, 1.165) is 5.56 Å². The number of para-hydroxylation sites is 2. The molecule has 1 amide bonds. The summed E-state index contributed by atoms with van der Waals surface area (Å²) in [6, 6.07) is 27.3. The molecule has 0 aliphatic heterocycles. The van der Waals surface area contributed by atoms with E-state index < -0.39 is 11.9 Å². The van der Waals surface area contributed by atoms with Crippen molar-refractivity contribution in [2.24, 2.45) is 5.10 Å². The van der Waals surface area contributed by atoms with Gasteiger partial charge in [0.05, 0.1) is 17.3 Å². The second-order valence-corrected chi connectivity index (χ2v) is 8.42. The Bertz CT molecular complexity index is 1390. The fourth-order valence-electron chi connectivity index (χ4n) is 3.17. The van der Waals surface area contributed by atoms with Crippen molar-refractivity contribution in [3.8, 4) is 11.5 Å². The molecule has 4 rings (SSSR count). The Morgan fingerprint density at radius 2 is 1.39 bits per heavy atom. The monoisotopic (exact) mass is 518 g/mol. The molecule has 0 fully saturated rings. The molecular formula is C28H20Cl2N2O4. The smallest absolute Gasteiger partial charge is 0.343 e. The number of rotatable bonds is 8. The normalized spacial score (nSPS) is 10.7. The number of carbonyl (C=O) groups excluding carboxylic acids is 2. The molecule has 180 valence electrons. The van der Waals surface area contributed by atoms with E-state index in [-0.39, 0.29) is 6.61 Å². The van der Waals surface area contributed by atoms with Gasteiger partial charge in [0.25, 0.3) is 5.91 Å². The Labute approximate surface area is 218 Å². The number of amides is 1. The lowest BCUT2D eigenvalue weighted by molar-refractivity contribution is 0.0734. The first kappa shape index (κ1) is 25.0. The predicted molar refractivity (Wildman–Crippen MR) is 140 cm³/mol. The number of ether oxygens (including phenoxy) is 2. The van der Waals surface area contributed by atoms with Crippen LogP contribution in [0, 0.1) is 0 Å². The van der Waals surface area contributed by atoms with Gasteiger partial charge in [-0.25, -0.2) is 10.2 Å². The summed E-state index contributed by atoms with van der Waals surface area (Å²) in [5.74, 6) is -0.281. The van der Waals surface area contributed by atoms with Gasteiger partial charge in [-0.15, -0.1) is 0 Å². The molecule has 0 unspecified atom stereocenters. The number of hydrogen-bond acceptors (Lipinski definition) is 5. The Morgan fingerprint density at radius 1 is 0.778 bits per heavy atom. The van der Waals surface area contributed by atoms with Crippen LogP contribution in [0.25, 0.3) is 0 Å². The summed E-state index contributed by atoms with van der Waals surface area (Å²) < 4.78 is 11.3. The first-order valence-corrected chi connectivity index (χ1v) is 11.6. The third-order valence-electron chi connectivity index (χ3n) is 5.01. The van der Waals surface area contributed by atoms with Gasteiger partial charge in [-0.05, 0) is 66.2 Å². The zero-order valence-corrected chi connectivity index (χ0v) is 20.4. The SMILES string of the molecule is O=C(Oc1ccccc1/C=N\NC(=O)c1ccccc1OCc1ccc(Cl)cc1)c1ccc(Cl)cc1. The Kier molecular flexibility index (Phi) is 8.34. The van der Waals surface area contributed by atoms with Gasteiger partial charge in [0, 0.05) is 15.6 Å². The van der Waals surface area contributed by atoms with Crippen LogP contribution in [0.1, 0.15) is 31.8 Å². The maximum atomic E-state index is 12.8. The second kappa shape index (κ2) is 12.0. The fourth-order valence-corrected chi connectivity index (χ4v) is 3.42. The zero-order chi connectivity index (χ0) is 25.3. The molecule has 0 atom stereocenters. The number of benzene rings is 4. The largest absolute Gasteiger partial charge is 0.488 e. The molecule has 0 saturated carbocycles. The minimum absolute atomic E-state index is 0.275. The van der Waals surface area contributed by atoms with Gasteiger partial charge < -0.3 is 9.47 Å². The summed E-state index contributed by atoms with van der Waals surface area (Å²) in [6.07, 6.45) is 1.40. The standard InChI is InChI=1S/C28H20Cl2N2O4/c29-22-13-9-19(10-14-22)18-35-26-8-4-2-6-24(26)27(33)32-31-17-21-5-1-3-7-25(21)36-28(34)20-11-15-23(30)16-12-20/h1-17H,18H2,(H,32,33)/b31-17-. The van der Waals surface area contributed by atoms with E-state index in [4.69, 9.17) is 32.7 Å². The number of carbonyl (C=O) groups is 2. The highest BCUT2D eigenvalue weighted by Gasteiger charge is 2.13. The lowest BCUT2D eigenvalue weighted by atomic mass is 10.2. The third kappa shape index (κ3) is 6.72. The van der Waals surface area contributed by atoms with Crippen molar-refractivity contribution < 1.29 is 19.1 Å². The summed E-state index contributed by atoms with van der Waals surface area (Å²) in [7, 11) is 0. The molecule has 4 aromatic rings. The molecule has 36 heavy (non-hydrogen) atoms. The minimum Gasteiger partial charge on any atom is -0.488 e. The first-order valence-electron chi connectivity index (χ1n) is 10.9. The maximum Gasteiger partial charge on any atom is 0.343 e. The van der Waals surface area contributed by atoms with Gasteiger partial charge in [-0.2, -0.15) is 5.10 Å². The van der Waals surface area contributed by atoms with Gasteiger partial charge in [0.15, 0.2) is 0 Å². The number of halogens is 2. The van der Waals surface area contributed by atoms with Gasteiger partial charge >= 0.3 is 5.97 Å². The molecule has 8 heteroatoms. The van der Waals surface area contributed by atoms with Crippen molar-refractivity contribution in [1.82, 2.24) is 5.43 Å². The van der Waals surface area contributed by atoms with E-state index in [9.17, 15) is 9.59 Å². The Balaban J connectivity index is 1.41. The summed E-state index contributed by atoms with van der Waals surface area (Å²) in [6.45, 7) is 0.275. The van der Waals surface area contributed by atoms with Gasteiger partial charge in [-0.3, -0.25) is 4.79 Å². The van der Waals surface area contributed by atoms with E-state index in [1.807, 2.05) is 12.1 Å². The van der Waals surface area contributed by atoms with E-state index in [0.29, 0.717) is 38.2 Å². The van der Waals surface area contributed by atoms with E-state index in [1.165, 1.54) is 6.21 Å². The van der Waals surface area contributed by atoms with Crippen molar-refractivity contribution in [2.75, 3.05) is 0 Å². The van der Waals surface area contributed by atoms with Crippen molar-refractivity contribution in [2.45, 2.75) is 6.61 Å². The topological polar surface area (TPSA) is 77.0 Å². The highest BCUT2D eigenvalue weighted by atomic mass is 35.5. The quantitative estimate of drug-likeness (QED) is 0.124. The molecule has 0 spiro atoms. The van der Waals surface area contributed by atoms with Crippen LogP contribution >= 0.6 is 23.2 Å². The van der Waals surface area contributed by atoms with Gasteiger partial charge in [0.1, 0.15) is 18.1 Å². The molecule has 1 N–H and O–H groups in total. The lowest BCUT2D eigenvalue weighted by Crippen LogP contribution is -2.19. The second-order valence-electron chi connectivity index (χ2n) is 7.54. The van der Waals surface area contributed by atoms with Crippen LogP contribution in [0.3, 0.4) is 0 Å². The summed E-state index contributed by atoms with van der Waals surface area (Å²) in [5.41, 5.74) is 4.59. The average molecular weight is 519 g/mol. The summed E-state index contributed by atoms with van der Waals surface area (Å²) in [4.78, 5) is 25.2. The summed E-state index contributed by atoms with van der Waals surface area (Å²) >= 11 is 11.8. The van der Waals surface area contributed by atoms with Crippen LogP contribution in [0.2, 0.25) is 10.0 Å². The van der Waals surface area contributed by atoms with E-state index >= 15 is 0 Å². The fraction of sp³-hybridized carbons (Fsp3) is 0.0357. The lowest BCUT2D eigenvalue weighted by Gasteiger charge is -2.11. The highest BCUT2D eigenvalue weighted by molar-refractivity contribution is 6.30. The van der Waals surface area contributed by atoms with Crippen LogP contribution in [0.15, 0.2) is 102 Å². The number of esters is 1. The van der Waals surface area contributed by atoms with Crippen molar-refractivity contribution in [3.63, 3.8) is 0 Å². The molecule has 0 radical (unpaired) electrons. The first-order chi connectivity index (χ1) is 17.5. The van der Waals surface area contributed by atoms with Crippen molar-refractivity contribution in [3.05, 3.63) is 129 Å². The molecule has 0 aliphatic carbocycles. The number of nitrogens with one attached hydrogen (secondary N) is 1. The molecule has 0 aromatic heterocycles. The van der Waals surface area contributed by atoms with Crippen LogP contribution in [0.5, 0.6) is 11.5 Å². The van der Waals surface area contributed by atoms with Crippen molar-refractivity contribution >= 4 is 41.3 Å². The van der Waals surface area contributed by atoms with Gasteiger partial charge in [-0.1, -0.05) is 59.6 Å². The Hall–Kier alpha value is -4.13. The molecule has 0 bridgehead atoms. The predicted octanol–water partition coefficient (Wildman–Crippen LogP) is 6.56. The van der Waals surface area contributed by atoms with Crippen LogP contribution < -0.4 is 14.9 Å². The number of hydrogen-bond donors (Lipinski definition) is 1. The maximum absolute atomic E-state index is 12.8. The molecule has 4 aromatic carbocycles.